The highest BCUT2D eigenvalue weighted by Crippen LogP contribution is 2.33. The second kappa shape index (κ2) is 5.67. The van der Waals surface area contributed by atoms with Crippen molar-refractivity contribution in [3.8, 4) is 0 Å². The van der Waals surface area contributed by atoms with Crippen LogP contribution in [0.2, 0.25) is 5.02 Å². The van der Waals surface area contributed by atoms with Crippen LogP contribution in [-0.4, -0.2) is 68.9 Å². The second-order valence-electron chi connectivity index (χ2n) is 6.93. The first-order valence-corrected chi connectivity index (χ1v) is 11.9. The zero-order chi connectivity index (χ0) is 17.1. The third-order valence-electron chi connectivity index (χ3n) is 5.24. The van der Waals surface area contributed by atoms with E-state index in [9.17, 15) is 16.8 Å². The molecule has 0 radical (unpaired) electrons. The van der Waals surface area contributed by atoms with Crippen LogP contribution < -0.4 is 5.32 Å². The zero-order valence-corrected chi connectivity index (χ0v) is 15.3. The summed E-state index contributed by atoms with van der Waals surface area (Å²) >= 11 is 6.26. The number of hydrogen-bond acceptors (Lipinski definition) is 6. The number of nitrogens with zero attached hydrogens (tertiary/aromatic N) is 1. The molecule has 24 heavy (non-hydrogen) atoms. The van der Waals surface area contributed by atoms with Gasteiger partial charge in [0.25, 0.3) is 0 Å². The fraction of sp³-hybridized carbons (Fsp3) is 0.600. The molecule has 3 fully saturated rings. The van der Waals surface area contributed by atoms with E-state index in [0.29, 0.717) is 11.6 Å². The van der Waals surface area contributed by atoms with Gasteiger partial charge in [-0.05, 0) is 11.6 Å². The van der Waals surface area contributed by atoms with Crippen LogP contribution in [0.1, 0.15) is 5.56 Å². The molecule has 3 saturated heterocycles. The van der Waals surface area contributed by atoms with Crippen LogP contribution in [0.25, 0.3) is 0 Å². The van der Waals surface area contributed by atoms with Crippen molar-refractivity contribution in [2.45, 2.75) is 30.7 Å². The largest absolute Gasteiger partial charge is 0.306 e. The number of hydrogen-bond donors (Lipinski definition) is 1. The van der Waals surface area contributed by atoms with Crippen molar-refractivity contribution in [2.75, 3.05) is 23.0 Å². The Morgan fingerprint density at radius 3 is 2.04 bits per heavy atom. The maximum Gasteiger partial charge on any atom is 0.153 e. The van der Waals surface area contributed by atoms with Gasteiger partial charge in [0, 0.05) is 35.7 Å². The quantitative estimate of drug-likeness (QED) is 0.769. The first-order chi connectivity index (χ1) is 11.2. The summed E-state index contributed by atoms with van der Waals surface area (Å²) in [7, 11) is -6.22. The summed E-state index contributed by atoms with van der Waals surface area (Å²) in [6.45, 7) is 0.467. The molecule has 6 nitrogen and oxygen atoms in total. The highest BCUT2D eigenvalue weighted by atomic mass is 35.5. The molecule has 0 bridgehead atoms. The third-order valence-corrected chi connectivity index (χ3v) is 9.04. The molecule has 3 heterocycles. The Morgan fingerprint density at radius 2 is 1.50 bits per heavy atom. The first kappa shape index (κ1) is 16.8. The summed E-state index contributed by atoms with van der Waals surface area (Å²) in [5.74, 6) is 0.274. The highest BCUT2D eigenvalue weighted by Gasteiger charge is 2.53. The standard InChI is InChI=1S/C15H19ClN2O4S2/c16-11-4-2-1-3-10(11)5-18-14-8-23(19,20)6-12(14)17-13-7-24(21,22)9-15(13)18/h1-4,12-15,17H,5-9H2/t12-,13+,14-,15+. The molecular formula is C15H19ClN2O4S2. The molecule has 0 spiro atoms. The van der Waals surface area contributed by atoms with E-state index in [2.05, 4.69) is 10.2 Å². The molecular weight excluding hydrogens is 372 g/mol. The van der Waals surface area contributed by atoms with E-state index >= 15 is 0 Å². The second-order valence-corrected chi connectivity index (χ2v) is 11.6. The van der Waals surface area contributed by atoms with Crippen molar-refractivity contribution < 1.29 is 16.8 Å². The van der Waals surface area contributed by atoms with E-state index in [1.807, 2.05) is 18.2 Å². The minimum Gasteiger partial charge on any atom is -0.306 e. The molecule has 4 rings (SSSR count). The van der Waals surface area contributed by atoms with Gasteiger partial charge >= 0.3 is 0 Å². The van der Waals surface area contributed by atoms with Crippen molar-refractivity contribution in [3.63, 3.8) is 0 Å². The topological polar surface area (TPSA) is 83.5 Å². The molecule has 1 N–H and O–H groups in total. The summed E-state index contributed by atoms with van der Waals surface area (Å²) in [4.78, 5) is 2.06. The Bertz CT molecular complexity index is 823. The lowest BCUT2D eigenvalue weighted by molar-refractivity contribution is 0.0678. The van der Waals surface area contributed by atoms with Crippen LogP contribution >= 0.6 is 11.6 Å². The lowest BCUT2D eigenvalue weighted by Crippen LogP contribution is -2.66. The fourth-order valence-electron chi connectivity index (χ4n) is 4.21. The predicted octanol–water partition coefficient (Wildman–Crippen LogP) is 0.0764. The lowest BCUT2D eigenvalue weighted by Gasteiger charge is -2.45. The number of nitrogens with one attached hydrogen (secondary N) is 1. The Labute approximate surface area is 147 Å². The van der Waals surface area contributed by atoms with E-state index in [1.54, 1.807) is 6.07 Å². The normalized spacial score (nSPS) is 37.0. The minimum absolute atomic E-state index is 0.0678. The summed E-state index contributed by atoms with van der Waals surface area (Å²) in [6.07, 6.45) is 0. The number of benzene rings is 1. The molecule has 3 aliphatic heterocycles. The Kier molecular flexibility index (Phi) is 3.96. The van der Waals surface area contributed by atoms with Gasteiger partial charge in [0.2, 0.25) is 0 Å². The van der Waals surface area contributed by atoms with Crippen molar-refractivity contribution in [3.05, 3.63) is 34.9 Å². The third kappa shape index (κ3) is 2.99. The number of rotatable bonds is 2. The highest BCUT2D eigenvalue weighted by molar-refractivity contribution is 7.92. The van der Waals surface area contributed by atoms with Crippen molar-refractivity contribution >= 4 is 31.3 Å². The van der Waals surface area contributed by atoms with Crippen LogP contribution in [0.3, 0.4) is 0 Å². The van der Waals surface area contributed by atoms with Gasteiger partial charge in [0.15, 0.2) is 19.7 Å². The molecule has 1 aromatic rings. The Morgan fingerprint density at radius 1 is 0.958 bits per heavy atom. The summed E-state index contributed by atoms with van der Waals surface area (Å²) in [5, 5.41) is 3.90. The molecule has 9 heteroatoms. The first-order valence-electron chi connectivity index (χ1n) is 7.90. The Hall–Kier alpha value is -0.670. The summed E-state index contributed by atoms with van der Waals surface area (Å²) < 4.78 is 48.4. The van der Waals surface area contributed by atoms with E-state index in [-0.39, 0.29) is 47.2 Å². The van der Waals surface area contributed by atoms with E-state index in [0.717, 1.165) is 5.56 Å². The number of sulfone groups is 2. The molecule has 0 saturated carbocycles. The number of piperazine rings is 1. The van der Waals surface area contributed by atoms with Crippen LogP contribution in [0.5, 0.6) is 0 Å². The van der Waals surface area contributed by atoms with Gasteiger partial charge in [-0.3, -0.25) is 4.90 Å². The van der Waals surface area contributed by atoms with Crippen LogP contribution in [-0.2, 0) is 26.2 Å². The number of halogens is 1. The van der Waals surface area contributed by atoms with Gasteiger partial charge in [0.1, 0.15) is 0 Å². The molecule has 0 aliphatic carbocycles. The monoisotopic (exact) mass is 390 g/mol. The van der Waals surface area contributed by atoms with Gasteiger partial charge in [-0.2, -0.15) is 0 Å². The average molecular weight is 391 g/mol. The molecule has 3 aliphatic rings. The smallest absolute Gasteiger partial charge is 0.153 e. The maximum atomic E-state index is 12.1. The molecule has 1 aromatic carbocycles. The van der Waals surface area contributed by atoms with Crippen LogP contribution in [0.15, 0.2) is 24.3 Å². The van der Waals surface area contributed by atoms with Crippen molar-refractivity contribution in [2.24, 2.45) is 0 Å². The van der Waals surface area contributed by atoms with E-state index in [1.165, 1.54) is 0 Å². The van der Waals surface area contributed by atoms with Gasteiger partial charge < -0.3 is 5.32 Å². The Balaban J connectivity index is 1.70. The fourth-order valence-corrected chi connectivity index (χ4v) is 8.30. The molecule has 0 unspecified atom stereocenters. The van der Waals surface area contributed by atoms with Gasteiger partial charge in [-0.15, -0.1) is 0 Å². The maximum absolute atomic E-state index is 12.1. The van der Waals surface area contributed by atoms with Gasteiger partial charge in [-0.25, -0.2) is 16.8 Å². The number of fused-ring (bicyclic) bond motifs is 2. The van der Waals surface area contributed by atoms with Gasteiger partial charge in [-0.1, -0.05) is 29.8 Å². The van der Waals surface area contributed by atoms with Crippen LogP contribution in [0.4, 0.5) is 0 Å². The predicted molar refractivity (Wildman–Crippen MR) is 92.6 cm³/mol. The van der Waals surface area contributed by atoms with Crippen LogP contribution in [0, 0.1) is 0 Å². The van der Waals surface area contributed by atoms with E-state index in [4.69, 9.17) is 11.6 Å². The van der Waals surface area contributed by atoms with Crippen molar-refractivity contribution in [1.29, 1.82) is 0 Å². The van der Waals surface area contributed by atoms with Crippen molar-refractivity contribution in [1.82, 2.24) is 10.2 Å². The SMILES string of the molecule is O=S1(=O)C[C@@H]2[C@@H](C1)N[C@H]1CS(=O)(=O)C[C@@H]1N2Cc1ccccc1Cl. The lowest BCUT2D eigenvalue weighted by atomic mass is 9.96. The van der Waals surface area contributed by atoms with Gasteiger partial charge in [0.05, 0.1) is 23.0 Å². The molecule has 0 aromatic heterocycles. The zero-order valence-electron chi connectivity index (χ0n) is 12.9. The summed E-state index contributed by atoms with van der Waals surface area (Å²) in [6, 6.07) is 6.58. The molecule has 4 atom stereocenters. The minimum atomic E-state index is -3.11. The average Bonchev–Trinajstić information content (AvgIpc) is 2.94. The summed E-state index contributed by atoms with van der Waals surface area (Å²) in [5.41, 5.74) is 0.896. The van der Waals surface area contributed by atoms with E-state index < -0.39 is 19.7 Å². The molecule has 132 valence electrons. The molecule has 0 amide bonds.